The minimum absolute atomic E-state index is 0.244. The van der Waals surface area contributed by atoms with Gasteiger partial charge in [0.15, 0.2) is 0 Å². The molecule has 1 aliphatic rings. The quantitative estimate of drug-likeness (QED) is 0.802. The number of nitrogens with one attached hydrogen (secondary N) is 1. The fourth-order valence-corrected chi connectivity index (χ4v) is 2.63. The van der Waals surface area contributed by atoms with Gasteiger partial charge in [0.25, 0.3) is 0 Å². The van der Waals surface area contributed by atoms with E-state index in [1.165, 1.54) is 0 Å². The fraction of sp³-hybridized carbons (Fsp3) is 0.500. The molecule has 1 heterocycles. The molecule has 1 aliphatic heterocycles. The van der Waals surface area contributed by atoms with E-state index >= 15 is 0 Å². The predicted octanol–water partition coefficient (Wildman–Crippen LogP) is 2.98. The smallest absolute Gasteiger partial charge is 0.227 e. The number of benzene rings is 1. The summed E-state index contributed by atoms with van der Waals surface area (Å²) in [4.78, 5) is 13.7. The Hall–Kier alpha value is -1.16. The van der Waals surface area contributed by atoms with Gasteiger partial charge in [-0.1, -0.05) is 12.1 Å². The maximum atomic E-state index is 11.8. The van der Waals surface area contributed by atoms with E-state index < -0.39 is 0 Å². The number of nitrogens with zero attached hydrogens (tertiary/aromatic N) is 1. The Morgan fingerprint density at radius 2 is 2.22 bits per heavy atom. The molecule has 98 valence electrons. The first-order valence-corrected chi connectivity index (χ1v) is 7.84. The van der Waals surface area contributed by atoms with Crippen molar-refractivity contribution in [3.05, 3.63) is 24.3 Å². The lowest BCUT2D eigenvalue weighted by Crippen LogP contribution is -2.24. The highest BCUT2D eigenvalue weighted by atomic mass is 32.2. The van der Waals surface area contributed by atoms with E-state index in [0.717, 1.165) is 43.1 Å². The van der Waals surface area contributed by atoms with E-state index in [-0.39, 0.29) is 5.91 Å². The third kappa shape index (κ3) is 3.19. The molecule has 2 rings (SSSR count). The molecule has 0 unspecified atom stereocenters. The van der Waals surface area contributed by atoms with E-state index in [2.05, 4.69) is 17.6 Å². The van der Waals surface area contributed by atoms with Crippen molar-refractivity contribution in [1.29, 1.82) is 0 Å². The summed E-state index contributed by atoms with van der Waals surface area (Å²) in [6, 6.07) is 8.09. The van der Waals surface area contributed by atoms with Gasteiger partial charge in [0.1, 0.15) is 0 Å². The molecular weight excluding hydrogens is 244 g/mol. The van der Waals surface area contributed by atoms with Crippen LogP contribution in [-0.4, -0.2) is 31.0 Å². The van der Waals surface area contributed by atoms with Crippen LogP contribution in [0.5, 0.6) is 0 Å². The molecule has 0 saturated carbocycles. The first-order chi connectivity index (χ1) is 8.83. The summed E-state index contributed by atoms with van der Waals surface area (Å²) in [5, 5.41) is 3.44. The minimum Gasteiger partial charge on any atom is -0.383 e. The molecule has 0 spiro atoms. The first-order valence-electron chi connectivity index (χ1n) is 6.45. The Morgan fingerprint density at radius 1 is 1.39 bits per heavy atom. The second kappa shape index (κ2) is 6.69. The van der Waals surface area contributed by atoms with Crippen molar-refractivity contribution < 1.29 is 4.79 Å². The van der Waals surface area contributed by atoms with Crippen LogP contribution in [0.4, 0.5) is 11.4 Å². The highest BCUT2D eigenvalue weighted by molar-refractivity contribution is 7.98. The molecule has 0 atom stereocenters. The summed E-state index contributed by atoms with van der Waals surface area (Å²) < 4.78 is 0. The normalized spacial score (nSPS) is 15.2. The Bertz CT molecular complexity index is 409. The van der Waals surface area contributed by atoms with Gasteiger partial charge in [0.2, 0.25) is 5.91 Å². The van der Waals surface area contributed by atoms with E-state index in [9.17, 15) is 4.79 Å². The van der Waals surface area contributed by atoms with E-state index in [0.29, 0.717) is 6.42 Å². The van der Waals surface area contributed by atoms with Crippen molar-refractivity contribution in [1.82, 2.24) is 0 Å². The minimum atomic E-state index is 0.244. The zero-order valence-electron chi connectivity index (χ0n) is 10.8. The Morgan fingerprint density at radius 3 is 2.94 bits per heavy atom. The lowest BCUT2D eigenvalue weighted by atomic mass is 10.2. The van der Waals surface area contributed by atoms with Crippen LogP contribution in [0.2, 0.25) is 0 Å². The number of amides is 1. The molecule has 1 saturated heterocycles. The summed E-state index contributed by atoms with van der Waals surface area (Å²) >= 11 is 1.86. The largest absolute Gasteiger partial charge is 0.383 e. The maximum Gasteiger partial charge on any atom is 0.227 e. The average molecular weight is 264 g/mol. The van der Waals surface area contributed by atoms with Gasteiger partial charge in [-0.05, 0) is 37.0 Å². The third-order valence-corrected chi connectivity index (χ3v) is 3.81. The van der Waals surface area contributed by atoms with Crippen molar-refractivity contribution in [3.63, 3.8) is 0 Å². The number of carbonyl (C=O) groups is 1. The van der Waals surface area contributed by atoms with E-state index in [1.807, 2.05) is 34.9 Å². The third-order valence-electron chi connectivity index (χ3n) is 3.11. The molecule has 4 heteroatoms. The molecule has 1 aromatic carbocycles. The topological polar surface area (TPSA) is 32.3 Å². The van der Waals surface area contributed by atoms with Gasteiger partial charge in [-0.15, -0.1) is 0 Å². The predicted molar refractivity (Wildman–Crippen MR) is 79.5 cm³/mol. The van der Waals surface area contributed by atoms with Crippen molar-refractivity contribution in [3.8, 4) is 0 Å². The Labute approximate surface area is 113 Å². The molecule has 3 nitrogen and oxygen atoms in total. The van der Waals surface area contributed by atoms with Gasteiger partial charge in [-0.2, -0.15) is 11.8 Å². The Balaban J connectivity index is 2.03. The highest BCUT2D eigenvalue weighted by Crippen LogP contribution is 2.29. The van der Waals surface area contributed by atoms with Crippen LogP contribution in [0, 0.1) is 0 Å². The second-order valence-electron chi connectivity index (χ2n) is 4.44. The second-order valence-corrected chi connectivity index (χ2v) is 5.42. The molecule has 1 aromatic rings. The first kappa shape index (κ1) is 13.3. The summed E-state index contributed by atoms with van der Waals surface area (Å²) in [7, 11) is 0. The van der Waals surface area contributed by atoms with Crippen LogP contribution in [0.25, 0.3) is 0 Å². The summed E-state index contributed by atoms with van der Waals surface area (Å²) in [6.45, 7) is 1.81. The number of carbonyl (C=O) groups excluding carboxylic acids is 1. The zero-order chi connectivity index (χ0) is 12.8. The zero-order valence-corrected chi connectivity index (χ0v) is 11.6. The van der Waals surface area contributed by atoms with Crippen molar-refractivity contribution in [2.24, 2.45) is 0 Å². The van der Waals surface area contributed by atoms with Crippen molar-refractivity contribution in [2.45, 2.75) is 19.3 Å². The van der Waals surface area contributed by atoms with Crippen LogP contribution in [0.1, 0.15) is 19.3 Å². The van der Waals surface area contributed by atoms with Gasteiger partial charge in [0, 0.05) is 19.5 Å². The number of anilines is 2. The number of para-hydroxylation sites is 2. The standard InChI is InChI=1S/C14H20N2OS/c1-18-11-5-9-15-12-6-2-3-7-13(12)16-10-4-8-14(16)17/h2-3,6-7,15H,4-5,8-11H2,1H3. The molecule has 0 radical (unpaired) electrons. The lowest BCUT2D eigenvalue weighted by molar-refractivity contribution is -0.117. The van der Waals surface area contributed by atoms with Crippen molar-refractivity contribution >= 4 is 29.0 Å². The maximum absolute atomic E-state index is 11.8. The number of hydrogen-bond donors (Lipinski definition) is 1. The van der Waals surface area contributed by atoms with Crippen LogP contribution >= 0.6 is 11.8 Å². The molecule has 1 amide bonds. The van der Waals surface area contributed by atoms with Gasteiger partial charge in [-0.25, -0.2) is 0 Å². The fourth-order valence-electron chi connectivity index (χ4n) is 2.20. The molecule has 18 heavy (non-hydrogen) atoms. The molecule has 0 bridgehead atoms. The summed E-state index contributed by atoms with van der Waals surface area (Å²) in [5.74, 6) is 1.41. The van der Waals surface area contributed by atoms with Gasteiger partial charge in [0.05, 0.1) is 11.4 Å². The number of hydrogen-bond acceptors (Lipinski definition) is 3. The average Bonchev–Trinajstić information content (AvgIpc) is 2.81. The van der Waals surface area contributed by atoms with Crippen LogP contribution < -0.4 is 10.2 Å². The van der Waals surface area contributed by atoms with Crippen LogP contribution in [-0.2, 0) is 4.79 Å². The highest BCUT2D eigenvalue weighted by Gasteiger charge is 2.23. The number of thioether (sulfide) groups is 1. The van der Waals surface area contributed by atoms with Gasteiger partial charge in [-0.3, -0.25) is 4.79 Å². The monoisotopic (exact) mass is 264 g/mol. The van der Waals surface area contributed by atoms with Crippen LogP contribution in [0.15, 0.2) is 24.3 Å². The Kier molecular flexibility index (Phi) is 4.93. The summed E-state index contributed by atoms with van der Waals surface area (Å²) in [5.41, 5.74) is 2.11. The number of rotatable bonds is 6. The molecule has 0 aliphatic carbocycles. The van der Waals surface area contributed by atoms with Crippen molar-refractivity contribution in [2.75, 3.05) is 35.3 Å². The van der Waals surface area contributed by atoms with Gasteiger partial charge < -0.3 is 10.2 Å². The molecule has 1 N–H and O–H groups in total. The lowest BCUT2D eigenvalue weighted by Gasteiger charge is -2.20. The van der Waals surface area contributed by atoms with E-state index in [1.54, 1.807) is 0 Å². The summed E-state index contributed by atoms with van der Waals surface area (Å²) in [6.07, 6.45) is 4.92. The van der Waals surface area contributed by atoms with E-state index in [4.69, 9.17) is 0 Å². The van der Waals surface area contributed by atoms with Crippen LogP contribution in [0.3, 0.4) is 0 Å². The van der Waals surface area contributed by atoms with Gasteiger partial charge >= 0.3 is 0 Å². The molecule has 0 aromatic heterocycles. The SMILES string of the molecule is CSCCCNc1ccccc1N1CCCC1=O. The molecular formula is C14H20N2OS. The molecule has 1 fully saturated rings.